The van der Waals surface area contributed by atoms with Gasteiger partial charge in [-0.2, -0.15) is 0 Å². The van der Waals surface area contributed by atoms with Crippen molar-refractivity contribution in [3.63, 3.8) is 0 Å². The number of aliphatic hydroxyl groups is 1. The highest BCUT2D eigenvalue weighted by atomic mass is 32.2. The average molecular weight is 344 g/mol. The highest BCUT2D eigenvalue weighted by Crippen LogP contribution is 2.44. The zero-order chi connectivity index (χ0) is 16.1. The van der Waals surface area contributed by atoms with Crippen LogP contribution in [0.25, 0.3) is 0 Å². The van der Waals surface area contributed by atoms with Crippen LogP contribution in [0.4, 0.5) is 0 Å². The predicted octanol–water partition coefficient (Wildman–Crippen LogP) is 2.95. The monoisotopic (exact) mass is 344 g/mol. The zero-order valence-corrected chi connectivity index (χ0v) is 14.3. The van der Waals surface area contributed by atoms with Gasteiger partial charge in [-0.1, -0.05) is 0 Å². The van der Waals surface area contributed by atoms with E-state index in [4.69, 9.17) is 9.47 Å². The van der Waals surface area contributed by atoms with Crippen molar-refractivity contribution in [2.75, 3.05) is 19.0 Å². The lowest BCUT2D eigenvalue weighted by atomic mass is 9.91. The summed E-state index contributed by atoms with van der Waals surface area (Å²) in [6, 6.07) is 0. The molecule has 1 aliphatic carbocycles. The van der Waals surface area contributed by atoms with Gasteiger partial charge in [-0.05, 0) is 38.7 Å². The molecule has 1 heterocycles. The lowest BCUT2D eigenvalue weighted by Crippen LogP contribution is -2.12. The molecule has 2 rings (SSSR count). The molecule has 5 nitrogen and oxygen atoms in total. The second-order valence-electron chi connectivity index (χ2n) is 4.83. The highest BCUT2D eigenvalue weighted by Gasteiger charge is 2.30. The predicted molar refractivity (Wildman–Crippen MR) is 85.5 cm³/mol. The number of thioether (sulfide) groups is 1. The minimum absolute atomic E-state index is 0.176. The molecule has 1 N–H and O–H groups in total. The molecule has 0 bridgehead atoms. The van der Waals surface area contributed by atoms with Crippen molar-refractivity contribution in [2.45, 2.75) is 43.4 Å². The second kappa shape index (κ2) is 7.99. The summed E-state index contributed by atoms with van der Waals surface area (Å²) in [6.45, 7) is 4.19. The fourth-order valence-corrected chi connectivity index (χ4v) is 4.89. The van der Waals surface area contributed by atoms with E-state index in [2.05, 4.69) is 0 Å². The fraction of sp³-hybridized carbons (Fsp3) is 0.600. The van der Waals surface area contributed by atoms with Crippen molar-refractivity contribution in [3.8, 4) is 0 Å². The number of thiophene rings is 1. The number of carbonyl (C=O) groups is 2. The van der Waals surface area contributed by atoms with Gasteiger partial charge in [0.2, 0.25) is 0 Å². The number of ether oxygens (including phenoxy) is 2. The van der Waals surface area contributed by atoms with Crippen LogP contribution < -0.4 is 0 Å². The summed E-state index contributed by atoms with van der Waals surface area (Å²) in [6.07, 6.45) is 1.71. The maximum atomic E-state index is 12.1. The van der Waals surface area contributed by atoms with Gasteiger partial charge in [0, 0.05) is 5.56 Å². The second-order valence-corrected chi connectivity index (χ2v) is 7.10. The normalized spacial score (nSPS) is 17.0. The maximum Gasteiger partial charge on any atom is 0.348 e. The first-order valence-electron chi connectivity index (χ1n) is 7.37. The van der Waals surface area contributed by atoms with Gasteiger partial charge in [0.05, 0.1) is 29.3 Å². The van der Waals surface area contributed by atoms with Gasteiger partial charge in [-0.3, -0.25) is 4.79 Å². The van der Waals surface area contributed by atoms with E-state index >= 15 is 0 Å². The van der Waals surface area contributed by atoms with Crippen LogP contribution in [0, 0.1) is 0 Å². The van der Waals surface area contributed by atoms with E-state index in [1.807, 2.05) is 0 Å². The first-order valence-corrected chi connectivity index (χ1v) is 9.17. The van der Waals surface area contributed by atoms with E-state index in [0.717, 1.165) is 28.2 Å². The van der Waals surface area contributed by atoms with Crippen molar-refractivity contribution in [3.05, 3.63) is 16.0 Å². The molecule has 22 heavy (non-hydrogen) atoms. The van der Waals surface area contributed by atoms with Gasteiger partial charge in [0.15, 0.2) is 0 Å². The first kappa shape index (κ1) is 17.3. The summed E-state index contributed by atoms with van der Waals surface area (Å²) >= 11 is 2.63. The number of hydrogen-bond donors (Lipinski definition) is 1. The van der Waals surface area contributed by atoms with Gasteiger partial charge in [0.1, 0.15) is 4.88 Å². The lowest BCUT2D eigenvalue weighted by Gasteiger charge is -2.19. The molecule has 122 valence electrons. The zero-order valence-electron chi connectivity index (χ0n) is 12.7. The number of rotatable bonds is 6. The summed E-state index contributed by atoms with van der Waals surface area (Å²) in [4.78, 5) is 24.2. The number of aliphatic hydroxyl groups excluding tert-OH is 1. The largest absolute Gasteiger partial charge is 0.465 e. The highest BCUT2D eigenvalue weighted by molar-refractivity contribution is 8.01. The Bertz CT molecular complexity index is 552. The van der Waals surface area contributed by atoms with E-state index in [9.17, 15) is 14.7 Å². The van der Waals surface area contributed by atoms with E-state index < -0.39 is 6.10 Å². The SMILES string of the molecule is CCOC(=O)CSc1sc(C(=O)OCC)c2c1[C@@H](O)CCC2. The van der Waals surface area contributed by atoms with E-state index in [-0.39, 0.29) is 17.7 Å². The summed E-state index contributed by atoms with van der Waals surface area (Å²) in [5.74, 6) is -0.464. The molecule has 0 aromatic carbocycles. The Kier molecular flexibility index (Phi) is 6.28. The molecule has 1 aromatic rings. The van der Waals surface area contributed by atoms with E-state index in [0.29, 0.717) is 24.5 Å². The van der Waals surface area contributed by atoms with Crippen molar-refractivity contribution < 1.29 is 24.2 Å². The van der Waals surface area contributed by atoms with Crippen LogP contribution in [0.15, 0.2) is 4.21 Å². The minimum Gasteiger partial charge on any atom is -0.465 e. The summed E-state index contributed by atoms with van der Waals surface area (Å²) in [7, 11) is 0. The Balaban J connectivity index is 2.25. The van der Waals surface area contributed by atoms with Gasteiger partial charge < -0.3 is 14.6 Å². The van der Waals surface area contributed by atoms with Gasteiger partial charge in [-0.25, -0.2) is 4.79 Å². The third-order valence-corrected chi connectivity index (χ3v) is 5.83. The number of carbonyl (C=O) groups excluding carboxylic acids is 2. The quantitative estimate of drug-likeness (QED) is 0.632. The molecule has 1 aliphatic rings. The van der Waals surface area contributed by atoms with Crippen molar-refractivity contribution >= 4 is 35.0 Å². The molecule has 0 spiro atoms. The summed E-state index contributed by atoms with van der Waals surface area (Å²) in [5.41, 5.74) is 1.68. The van der Waals surface area contributed by atoms with Crippen LogP contribution in [0.2, 0.25) is 0 Å². The van der Waals surface area contributed by atoms with Gasteiger partial charge in [-0.15, -0.1) is 23.1 Å². The third-order valence-electron chi connectivity index (χ3n) is 3.34. The molecule has 7 heteroatoms. The smallest absolute Gasteiger partial charge is 0.348 e. The van der Waals surface area contributed by atoms with Gasteiger partial charge in [0.25, 0.3) is 0 Å². The summed E-state index contributed by atoms with van der Waals surface area (Å²) < 4.78 is 10.8. The Morgan fingerprint density at radius 3 is 2.73 bits per heavy atom. The Morgan fingerprint density at radius 2 is 2.05 bits per heavy atom. The van der Waals surface area contributed by atoms with Crippen molar-refractivity contribution in [2.24, 2.45) is 0 Å². The molecular formula is C15H20O5S2. The molecule has 1 aromatic heterocycles. The topological polar surface area (TPSA) is 72.8 Å². The molecule has 0 saturated heterocycles. The van der Waals surface area contributed by atoms with Crippen LogP contribution in [0.1, 0.15) is 53.6 Å². The first-order chi connectivity index (χ1) is 10.6. The Morgan fingerprint density at radius 1 is 1.32 bits per heavy atom. The Labute approximate surface area is 138 Å². The number of hydrogen-bond acceptors (Lipinski definition) is 7. The molecule has 1 atom stereocenters. The average Bonchev–Trinajstić information content (AvgIpc) is 2.86. The number of fused-ring (bicyclic) bond motifs is 1. The molecular weight excluding hydrogens is 324 g/mol. The van der Waals surface area contributed by atoms with Gasteiger partial charge >= 0.3 is 11.9 Å². The minimum atomic E-state index is -0.576. The Hall–Kier alpha value is -1.05. The van der Waals surface area contributed by atoms with Crippen LogP contribution in [0.3, 0.4) is 0 Å². The molecule has 0 saturated carbocycles. The molecule has 0 unspecified atom stereocenters. The molecule has 0 aliphatic heterocycles. The fourth-order valence-electron chi connectivity index (χ4n) is 2.45. The van der Waals surface area contributed by atoms with Crippen LogP contribution in [-0.2, 0) is 20.7 Å². The summed E-state index contributed by atoms with van der Waals surface area (Å²) in [5, 5.41) is 10.3. The molecule has 0 fully saturated rings. The molecule has 0 radical (unpaired) electrons. The van der Waals surface area contributed by atoms with E-state index in [1.54, 1.807) is 13.8 Å². The van der Waals surface area contributed by atoms with Crippen molar-refractivity contribution in [1.82, 2.24) is 0 Å². The number of esters is 2. The van der Waals surface area contributed by atoms with Crippen molar-refractivity contribution in [1.29, 1.82) is 0 Å². The maximum absolute atomic E-state index is 12.1. The lowest BCUT2D eigenvalue weighted by molar-refractivity contribution is -0.139. The van der Waals surface area contributed by atoms with Crippen LogP contribution in [0.5, 0.6) is 0 Å². The standard InChI is InChI=1S/C15H20O5S2/c1-3-19-11(17)8-21-15-12-9(6-5-7-10(12)16)13(22-15)14(18)20-4-2/h10,16H,3-8H2,1-2H3/t10-/m0/s1. The van der Waals surface area contributed by atoms with Crippen LogP contribution in [-0.4, -0.2) is 36.0 Å². The van der Waals surface area contributed by atoms with Crippen LogP contribution >= 0.6 is 23.1 Å². The third kappa shape index (κ3) is 3.83. The van der Waals surface area contributed by atoms with E-state index in [1.165, 1.54) is 23.1 Å². The molecule has 0 amide bonds.